The van der Waals surface area contributed by atoms with Crippen molar-refractivity contribution in [2.24, 2.45) is 11.3 Å². The molecule has 4 rings (SSSR count). The molecule has 0 aromatic heterocycles. The van der Waals surface area contributed by atoms with Crippen LogP contribution in [-0.2, 0) is 27.8 Å². The monoisotopic (exact) mass is 321 g/mol. The van der Waals surface area contributed by atoms with Crippen molar-refractivity contribution >= 4 is 10.0 Å². The van der Waals surface area contributed by atoms with E-state index in [1.54, 1.807) is 12.1 Å². The zero-order valence-electron chi connectivity index (χ0n) is 12.8. The van der Waals surface area contributed by atoms with E-state index in [1.165, 1.54) is 37.7 Å². The molecule has 1 N–H and O–H groups in total. The second-order valence-corrected chi connectivity index (χ2v) is 8.81. The molecule has 2 saturated carbocycles. The molecule has 0 amide bonds. The summed E-state index contributed by atoms with van der Waals surface area (Å²) in [4.78, 5) is 0.377. The lowest BCUT2D eigenvalue weighted by Crippen LogP contribution is -2.43. The number of fused-ring (bicyclic) bond motifs is 1. The summed E-state index contributed by atoms with van der Waals surface area (Å²) in [6.07, 6.45) is 7.02. The van der Waals surface area contributed by atoms with Crippen molar-refractivity contribution in [2.75, 3.05) is 13.2 Å². The SMILES string of the molecule is O=S(=O)(NCC1(C2CC2)CCC1)c1ccc2c(c1)COCC2. The van der Waals surface area contributed by atoms with Gasteiger partial charge in [-0.05, 0) is 66.7 Å². The van der Waals surface area contributed by atoms with Crippen LogP contribution in [0.1, 0.15) is 43.2 Å². The Morgan fingerprint density at radius 2 is 2.05 bits per heavy atom. The maximum atomic E-state index is 12.6. The highest BCUT2D eigenvalue weighted by Gasteiger charge is 2.49. The van der Waals surface area contributed by atoms with Gasteiger partial charge in [-0.1, -0.05) is 12.5 Å². The number of sulfonamides is 1. The Morgan fingerprint density at radius 1 is 1.23 bits per heavy atom. The van der Waals surface area contributed by atoms with Gasteiger partial charge in [-0.15, -0.1) is 0 Å². The van der Waals surface area contributed by atoms with Crippen LogP contribution >= 0.6 is 0 Å². The van der Waals surface area contributed by atoms with Crippen molar-refractivity contribution in [3.63, 3.8) is 0 Å². The zero-order chi connectivity index (χ0) is 15.2. The lowest BCUT2D eigenvalue weighted by atomic mass is 9.65. The Balaban J connectivity index is 1.51. The van der Waals surface area contributed by atoms with Gasteiger partial charge in [-0.25, -0.2) is 13.1 Å². The Morgan fingerprint density at radius 3 is 2.73 bits per heavy atom. The molecule has 0 unspecified atom stereocenters. The molecule has 2 fully saturated rings. The number of benzene rings is 1. The summed E-state index contributed by atoms with van der Waals surface area (Å²) in [5, 5.41) is 0. The zero-order valence-corrected chi connectivity index (χ0v) is 13.6. The lowest BCUT2D eigenvalue weighted by Gasteiger charge is -2.42. The van der Waals surface area contributed by atoms with Gasteiger partial charge in [0.25, 0.3) is 0 Å². The van der Waals surface area contributed by atoms with Crippen LogP contribution in [0.2, 0.25) is 0 Å². The van der Waals surface area contributed by atoms with Crippen molar-refractivity contribution < 1.29 is 13.2 Å². The third-order valence-electron chi connectivity index (χ3n) is 5.67. The number of nitrogens with one attached hydrogen (secondary N) is 1. The Labute approximate surface area is 132 Å². The van der Waals surface area contributed by atoms with Gasteiger partial charge in [0.05, 0.1) is 18.1 Å². The van der Waals surface area contributed by atoms with Gasteiger partial charge in [-0.2, -0.15) is 0 Å². The van der Waals surface area contributed by atoms with Crippen LogP contribution in [0.15, 0.2) is 23.1 Å². The largest absolute Gasteiger partial charge is 0.376 e. The first-order valence-corrected chi connectivity index (χ1v) is 9.77. The fourth-order valence-electron chi connectivity index (χ4n) is 3.89. The molecule has 0 bridgehead atoms. The van der Waals surface area contributed by atoms with Crippen molar-refractivity contribution in [3.05, 3.63) is 29.3 Å². The highest BCUT2D eigenvalue weighted by atomic mass is 32.2. The summed E-state index contributed by atoms with van der Waals surface area (Å²) in [7, 11) is -3.41. The minimum atomic E-state index is -3.41. The van der Waals surface area contributed by atoms with Gasteiger partial charge in [-0.3, -0.25) is 0 Å². The standard InChI is InChI=1S/C17H23NO3S/c19-22(20,18-12-17(7-1-8-17)15-3-4-15)16-5-2-13-6-9-21-11-14(13)10-16/h2,5,10,15,18H,1,3-4,6-9,11-12H2. The smallest absolute Gasteiger partial charge is 0.240 e. The fourth-order valence-corrected chi connectivity index (χ4v) is 5.08. The van der Waals surface area contributed by atoms with E-state index in [2.05, 4.69) is 4.72 Å². The van der Waals surface area contributed by atoms with Gasteiger partial charge in [0, 0.05) is 6.54 Å². The van der Waals surface area contributed by atoms with E-state index in [9.17, 15) is 8.42 Å². The van der Waals surface area contributed by atoms with Gasteiger partial charge < -0.3 is 4.74 Å². The number of hydrogen-bond acceptors (Lipinski definition) is 3. The molecular weight excluding hydrogens is 298 g/mol. The molecule has 3 aliphatic rings. The van der Waals surface area contributed by atoms with E-state index in [4.69, 9.17) is 4.74 Å². The van der Waals surface area contributed by atoms with Crippen molar-refractivity contribution in [1.82, 2.24) is 4.72 Å². The molecule has 1 heterocycles. The minimum absolute atomic E-state index is 0.254. The van der Waals surface area contributed by atoms with Crippen molar-refractivity contribution in [2.45, 2.75) is 50.0 Å². The maximum Gasteiger partial charge on any atom is 0.240 e. The van der Waals surface area contributed by atoms with Gasteiger partial charge >= 0.3 is 0 Å². The Bertz CT molecular complexity index is 675. The summed E-state index contributed by atoms with van der Waals surface area (Å²) in [6.45, 7) is 1.85. The lowest BCUT2D eigenvalue weighted by molar-refractivity contribution is 0.107. The maximum absolute atomic E-state index is 12.6. The first kappa shape index (κ1) is 14.7. The first-order chi connectivity index (χ1) is 10.6. The van der Waals surface area contributed by atoms with E-state index >= 15 is 0 Å². The van der Waals surface area contributed by atoms with Crippen molar-refractivity contribution in [3.8, 4) is 0 Å². The van der Waals surface area contributed by atoms with E-state index < -0.39 is 10.0 Å². The van der Waals surface area contributed by atoms with Crippen LogP contribution in [0.5, 0.6) is 0 Å². The van der Waals surface area contributed by atoms with E-state index in [1.807, 2.05) is 6.07 Å². The predicted molar refractivity (Wildman–Crippen MR) is 84.0 cm³/mol. The summed E-state index contributed by atoms with van der Waals surface area (Å²) in [5.74, 6) is 0.751. The van der Waals surface area contributed by atoms with Crippen LogP contribution in [0, 0.1) is 11.3 Å². The summed E-state index contributed by atoms with van der Waals surface area (Å²) in [6, 6.07) is 5.45. The molecule has 0 radical (unpaired) electrons. The van der Waals surface area contributed by atoms with Crippen LogP contribution in [0.4, 0.5) is 0 Å². The highest BCUT2D eigenvalue weighted by molar-refractivity contribution is 7.89. The first-order valence-electron chi connectivity index (χ1n) is 8.28. The third kappa shape index (κ3) is 2.59. The second kappa shape index (κ2) is 5.32. The second-order valence-electron chi connectivity index (χ2n) is 7.05. The topological polar surface area (TPSA) is 55.4 Å². The summed E-state index contributed by atoms with van der Waals surface area (Å²) >= 11 is 0. The minimum Gasteiger partial charge on any atom is -0.376 e. The number of rotatable bonds is 5. The molecule has 1 aromatic rings. The van der Waals surface area contributed by atoms with Gasteiger partial charge in [0.1, 0.15) is 0 Å². The molecule has 0 saturated heterocycles. The number of ether oxygens (including phenoxy) is 1. The van der Waals surface area contributed by atoms with Crippen LogP contribution in [0.25, 0.3) is 0 Å². The van der Waals surface area contributed by atoms with Crippen LogP contribution in [0.3, 0.4) is 0 Å². The molecule has 0 spiro atoms. The van der Waals surface area contributed by atoms with Gasteiger partial charge in [0.15, 0.2) is 0 Å². The summed E-state index contributed by atoms with van der Waals surface area (Å²) in [5.41, 5.74) is 2.47. The van der Waals surface area contributed by atoms with Gasteiger partial charge in [0.2, 0.25) is 10.0 Å². The average Bonchev–Trinajstić information content (AvgIpc) is 3.31. The molecule has 0 atom stereocenters. The highest BCUT2D eigenvalue weighted by Crippen LogP contribution is 2.56. The Kier molecular flexibility index (Phi) is 3.55. The average molecular weight is 321 g/mol. The third-order valence-corrected chi connectivity index (χ3v) is 7.07. The molecule has 120 valence electrons. The summed E-state index contributed by atoms with van der Waals surface area (Å²) < 4.78 is 33.5. The molecular formula is C17H23NO3S. The van der Waals surface area contributed by atoms with E-state index in [0.717, 1.165) is 24.5 Å². The van der Waals surface area contributed by atoms with E-state index in [-0.39, 0.29) is 5.41 Å². The quantitative estimate of drug-likeness (QED) is 0.907. The van der Waals surface area contributed by atoms with Crippen molar-refractivity contribution in [1.29, 1.82) is 0 Å². The normalized spacial score (nSPS) is 23.6. The molecule has 1 aliphatic heterocycles. The van der Waals surface area contributed by atoms with Crippen LogP contribution < -0.4 is 4.72 Å². The molecule has 2 aliphatic carbocycles. The Hall–Kier alpha value is -0.910. The predicted octanol–water partition coefficient (Wildman–Crippen LogP) is 2.62. The van der Waals surface area contributed by atoms with E-state index in [0.29, 0.717) is 18.0 Å². The molecule has 1 aromatic carbocycles. The number of hydrogen-bond donors (Lipinski definition) is 1. The fraction of sp³-hybridized carbons (Fsp3) is 0.647. The van der Waals surface area contributed by atoms with Crippen LogP contribution in [-0.4, -0.2) is 21.6 Å². The molecule has 4 nitrogen and oxygen atoms in total. The molecule has 5 heteroatoms. The molecule has 22 heavy (non-hydrogen) atoms.